The molecule has 0 heterocycles. The van der Waals surface area contributed by atoms with Crippen molar-refractivity contribution in [2.24, 2.45) is 0 Å². The monoisotopic (exact) mass is 348 g/mol. The first-order valence-corrected chi connectivity index (χ1v) is 8.55. The molecule has 2 nitrogen and oxygen atoms in total. The number of hydrogen-bond acceptors (Lipinski definition) is 1. The Labute approximate surface area is 151 Å². The third-order valence-electron chi connectivity index (χ3n) is 5.08. The van der Waals surface area contributed by atoms with Crippen LogP contribution in [0.1, 0.15) is 35.3 Å². The predicted octanol–water partition coefficient (Wildman–Crippen LogP) is 6.01. The molecule has 25 heavy (non-hydrogen) atoms. The van der Waals surface area contributed by atoms with Crippen molar-refractivity contribution in [2.75, 3.05) is 0 Å². The fourth-order valence-corrected chi connectivity index (χ4v) is 4.17. The van der Waals surface area contributed by atoms with E-state index in [2.05, 4.69) is 38.1 Å². The Morgan fingerprint density at radius 3 is 2.24 bits per heavy atom. The van der Waals surface area contributed by atoms with Crippen molar-refractivity contribution in [3.63, 3.8) is 0 Å². The number of carbonyl (C=O) groups is 1. The molecule has 0 fully saturated rings. The van der Waals surface area contributed by atoms with Gasteiger partial charge >= 0.3 is 5.97 Å². The van der Waals surface area contributed by atoms with Crippen LogP contribution in [0.15, 0.2) is 60.7 Å². The molecule has 0 unspecified atom stereocenters. The average molecular weight is 349 g/mol. The molecule has 1 N–H and O–H groups in total. The smallest absolute Gasteiger partial charge is 0.336 e. The predicted molar refractivity (Wildman–Crippen MR) is 101 cm³/mol. The van der Waals surface area contributed by atoms with Crippen LogP contribution in [-0.4, -0.2) is 11.1 Å². The summed E-state index contributed by atoms with van der Waals surface area (Å²) in [6.45, 7) is 4.38. The Bertz CT molecular complexity index is 1020. The molecule has 0 saturated carbocycles. The fraction of sp³-hybridized carbons (Fsp3) is 0.136. The lowest BCUT2D eigenvalue weighted by Crippen LogP contribution is -2.16. The van der Waals surface area contributed by atoms with Gasteiger partial charge in [-0.15, -0.1) is 0 Å². The molecule has 0 spiro atoms. The van der Waals surface area contributed by atoms with Crippen molar-refractivity contribution in [1.29, 1.82) is 0 Å². The zero-order valence-electron chi connectivity index (χ0n) is 14.0. The van der Waals surface area contributed by atoms with Crippen molar-refractivity contribution in [1.82, 2.24) is 0 Å². The van der Waals surface area contributed by atoms with Crippen LogP contribution in [0.3, 0.4) is 0 Å². The SMILES string of the molecule is CC1(C)c2ccccc2-c2cccc(-c3ccc(Cl)cc3C(=O)O)c21. The minimum Gasteiger partial charge on any atom is -0.478 e. The van der Waals surface area contributed by atoms with E-state index in [-0.39, 0.29) is 11.0 Å². The normalized spacial score (nSPS) is 14.0. The zero-order valence-corrected chi connectivity index (χ0v) is 14.8. The van der Waals surface area contributed by atoms with Gasteiger partial charge in [-0.05, 0) is 45.5 Å². The quantitative estimate of drug-likeness (QED) is 0.615. The first-order chi connectivity index (χ1) is 11.9. The van der Waals surface area contributed by atoms with E-state index < -0.39 is 5.97 Å². The summed E-state index contributed by atoms with van der Waals surface area (Å²) < 4.78 is 0. The van der Waals surface area contributed by atoms with Crippen LogP contribution < -0.4 is 0 Å². The van der Waals surface area contributed by atoms with E-state index in [1.165, 1.54) is 28.3 Å². The number of carboxylic acids is 1. The Morgan fingerprint density at radius 1 is 0.880 bits per heavy atom. The number of aromatic carboxylic acids is 1. The van der Waals surface area contributed by atoms with E-state index in [9.17, 15) is 9.90 Å². The zero-order chi connectivity index (χ0) is 17.8. The van der Waals surface area contributed by atoms with Gasteiger partial charge in [-0.1, -0.05) is 74.0 Å². The maximum absolute atomic E-state index is 11.8. The second kappa shape index (κ2) is 5.47. The molecule has 0 aromatic heterocycles. The van der Waals surface area contributed by atoms with Gasteiger partial charge < -0.3 is 5.11 Å². The number of halogens is 1. The van der Waals surface area contributed by atoms with Crippen molar-refractivity contribution in [2.45, 2.75) is 19.3 Å². The van der Waals surface area contributed by atoms with E-state index in [0.29, 0.717) is 10.6 Å². The number of benzene rings is 3. The standard InChI is InChI=1S/C22H17ClO2/c1-22(2)19-9-4-3-6-15(19)17-8-5-7-16(20(17)22)14-11-10-13(23)12-18(14)21(24)25/h3-12H,1-2H3,(H,24,25). The molecule has 0 amide bonds. The maximum Gasteiger partial charge on any atom is 0.336 e. The van der Waals surface area contributed by atoms with Gasteiger partial charge in [0.15, 0.2) is 0 Å². The Hall–Kier alpha value is -2.58. The van der Waals surface area contributed by atoms with Crippen LogP contribution >= 0.6 is 11.6 Å². The lowest BCUT2D eigenvalue weighted by atomic mass is 9.78. The molecule has 4 rings (SSSR count). The molecule has 0 aliphatic heterocycles. The third kappa shape index (κ3) is 2.29. The van der Waals surface area contributed by atoms with Gasteiger partial charge in [-0.3, -0.25) is 0 Å². The maximum atomic E-state index is 11.8. The fourth-order valence-electron chi connectivity index (χ4n) is 4.00. The molecule has 3 aromatic carbocycles. The van der Waals surface area contributed by atoms with Crippen LogP contribution in [0, 0.1) is 0 Å². The molecule has 3 aromatic rings. The minimum absolute atomic E-state index is 0.196. The summed E-state index contributed by atoms with van der Waals surface area (Å²) >= 11 is 6.03. The summed E-state index contributed by atoms with van der Waals surface area (Å²) in [5.74, 6) is -0.969. The van der Waals surface area contributed by atoms with Crippen LogP contribution in [0.25, 0.3) is 22.3 Å². The molecule has 1 aliphatic carbocycles. The minimum atomic E-state index is -0.969. The molecule has 1 aliphatic rings. The van der Waals surface area contributed by atoms with Gasteiger partial charge in [0.2, 0.25) is 0 Å². The Kier molecular flexibility index (Phi) is 3.48. The van der Waals surface area contributed by atoms with E-state index in [4.69, 9.17) is 11.6 Å². The van der Waals surface area contributed by atoms with Gasteiger partial charge in [0.05, 0.1) is 5.56 Å². The summed E-state index contributed by atoms with van der Waals surface area (Å²) in [5, 5.41) is 10.1. The molecule has 0 atom stereocenters. The molecule has 0 bridgehead atoms. The highest BCUT2D eigenvalue weighted by Gasteiger charge is 2.37. The number of fused-ring (bicyclic) bond motifs is 3. The summed E-state index contributed by atoms with van der Waals surface area (Å²) in [4.78, 5) is 11.8. The summed E-state index contributed by atoms with van der Waals surface area (Å²) in [7, 11) is 0. The van der Waals surface area contributed by atoms with Crippen LogP contribution in [-0.2, 0) is 5.41 Å². The lowest BCUT2D eigenvalue weighted by molar-refractivity contribution is 0.0697. The summed E-state index contributed by atoms with van der Waals surface area (Å²) in [6.07, 6.45) is 0. The molecular formula is C22H17ClO2. The molecule has 0 radical (unpaired) electrons. The number of rotatable bonds is 2. The highest BCUT2D eigenvalue weighted by Crippen LogP contribution is 2.52. The first kappa shape index (κ1) is 15.9. The number of carboxylic acid groups (broad SMARTS) is 1. The first-order valence-electron chi connectivity index (χ1n) is 8.18. The average Bonchev–Trinajstić information content (AvgIpc) is 2.83. The Balaban J connectivity index is 2.05. The van der Waals surface area contributed by atoms with Crippen LogP contribution in [0.5, 0.6) is 0 Å². The molecular weight excluding hydrogens is 332 g/mol. The number of hydrogen-bond donors (Lipinski definition) is 1. The van der Waals surface area contributed by atoms with E-state index in [1.807, 2.05) is 18.2 Å². The summed E-state index contributed by atoms with van der Waals surface area (Å²) in [6, 6.07) is 19.6. The van der Waals surface area contributed by atoms with Gasteiger partial charge in [-0.2, -0.15) is 0 Å². The van der Waals surface area contributed by atoms with Crippen LogP contribution in [0.2, 0.25) is 5.02 Å². The topological polar surface area (TPSA) is 37.3 Å². The van der Waals surface area contributed by atoms with Crippen molar-refractivity contribution >= 4 is 17.6 Å². The van der Waals surface area contributed by atoms with Gasteiger partial charge in [0.25, 0.3) is 0 Å². The van der Waals surface area contributed by atoms with E-state index in [1.54, 1.807) is 12.1 Å². The van der Waals surface area contributed by atoms with Gasteiger partial charge in [0, 0.05) is 10.4 Å². The highest BCUT2D eigenvalue weighted by molar-refractivity contribution is 6.31. The highest BCUT2D eigenvalue weighted by atomic mass is 35.5. The lowest BCUT2D eigenvalue weighted by Gasteiger charge is -2.25. The second-order valence-corrected chi connectivity index (χ2v) is 7.33. The van der Waals surface area contributed by atoms with Gasteiger partial charge in [0.1, 0.15) is 0 Å². The van der Waals surface area contributed by atoms with E-state index >= 15 is 0 Å². The molecule has 3 heteroatoms. The van der Waals surface area contributed by atoms with Crippen molar-refractivity contribution in [3.8, 4) is 22.3 Å². The van der Waals surface area contributed by atoms with Crippen molar-refractivity contribution in [3.05, 3.63) is 82.4 Å². The summed E-state index contributed by atoms with van der Waals surface area (Å²) in [5.41, 5.74) is 6.51. The largest absolute Gasteiger partial charge is 0.478 e. The third-order valence-corrected chi connectivity index (χ3v) is 5.32. The second-order valence-electron chi connectivity index (χ2n) is 6.89. The van der Waals surface area contributed by atoms with Crippen LogP contribution in [0.4, 0.5) is 0 Å². The van der Waals surface area contributed by atoms with E-state index in [0.717, 1.165) is 5.56 Å². The van der Waals surface area contributed by atoms with Gasteiger partial charge in [-0.25, -0.2) is 4.79 Å². The molecule has 0 saturated heterocycles. The Morgan fingerprint density at radius 2 is 1.52 bits per heavy atom. The molecule has 124 valence electrons. The van der Waals surface area contributed by atoms with Crippen molar-refractivity contribution < 1.29 is 9.90 Å².